The van der Waals surface area contributed by atoms with Crippen LogP contribution in [-0.4, -0.2) is 117 Å². The van der Waals surface area contributed by atoms with Crippen LogP contribution in [-0.2, 0) is 37.9 Å². The van der Waals surface area contributed by atoms with Gasteiger partial charge in [-0.3, -0.25) is 0 Å². The van der Waals surface area contributed by atoms with Crippen molar-refractivity contribution in [3.63, 3.8) is 0 Å². The minimum Gasteiger partial charge on any atom is -0.388 e. The fraction of sp³-hybridized carbons (Fsp3) is 1.00. The molecule has 0 aromatic rings. The van der Waals surface area contributed by atoms with Crippen LogP contribution in [0.1, 0.15) is 39.5 Å². The summed E-state index contributed by atoms with van der Waals surface area (Å²) in [6, 6.07) is 0. The first kappa shape index (κ1) is 31.6. The van der Waals surface area contributed by atoms with E-state index in [-0.39, 0.29) is 13.2 Å². The summed E-state index contributed by atoms with van der Waals surface area (Å²) in [6.45, 7) is 12.6. The molecular formula is C23H48O9. The number of hydrogen-bond acceptors (Lipinski definition) is 9. The molecular weight excluding hydrogens is 420 g/mol. The first-order valence-electron chi connectivity index (χ1n) is 12.1. The van der Waals surface area contributed by atoms with Crippen LogP contribution in [0.3, 0.4) is 0 Å². The molecule has 0 aromatic heterocycles. The highest BCUT2D eigenvalue weighted by molar-refractivity contribution is 4.51. The summed E-state index contributed by atoms with van der Waals surface area (Å²) in [5.74, 6) is 0. The molecule has 0 spiro atoms. The van der Waals surface area contributed by atoms with Crippen molar-refractivity contribution in [2.75, 3.05) is 106 Å². The summed E-state index contributed by atoms with van der Waals surface area (Å²) in [5.41, 5.74) is 0. The third-order valence-corrected chi connectivity index (χ3v) is 4.14. The normalized spacial score (nSPS) is 12.5. The van der Waals surface area contributed by atoms with Crippen molar-refractivity contribution < 1.29 is 43.0 Å². The quantitative estimate of drug-likeness (QED) is 0.173. The van der Waals surface area contributed by atoms with Crippen LogP contribution in [0.4, 0.5) is 0 Å². The van der Waals surface area contributed by atoms with Gasteiger partial charge in [0.1, 0.15) is 6.10 Å². The Morgan fingerprint density at radius 2 is 0.656 bits per heavy atom. The minimum absolute atomic E-state index is 0.214. The number of aliphatic hydroxyl groups excluding tert-OH is 1. The van der Waals surface area contributed by atoms with E-state index in [4.69, 9.17) is 37.9 Å². The van der Waals surface area contributed by atoms with Gasteiger partial charge in [0.25, 0.3) is 0 Å². The van der Waals surface area contributed by atoms with Gasteiger partial charge < -0.3 is 43.0 Å². The van der Waals surface area contributed by atoms with Crippen molar-refractivity contribution in [1.29, 1.82) is 0 Å². The van der Waals surface area contributed by atoms with E-state index in [1.54, 1.807) is 0 Å². The topological polar surface area (TPSA) is 94.1 Å². The average molecular weight is 469 g/mol. The Morgan fingerprint density at radius 3 is 0.938 bits per heavy atom. The van der Waals surface area contributed by atoms with Crippen LogP contribution in [0.25, 0.3) is 0 Å². The Hall–Kier alpha value is -0.360. The SMILES string of the molecule is CCCCOCCOCCOCCOCCOC[C@@H](O)COCCOCCOCCCC. The number of rotatable bonds is 28. The maximum atomic E-state index is 9.80. The molecule has 0 heterocycles. The average Bonchev–Trinajstić information content (AvgIpc) is 2.80. The Labute approximate surface area is 194 Å². The van der Waals surface area contributed by atoms with Crippen molar-refractivity contribution in [2.24, 2.45) is 0 Å². The summed E-state index contributed by atoms with van der Waals surface area (Å²) < 4.78 is 43.2. The molecule has 194 valence electrons. The van der Waals surface area contributed by atoms with Crippen molar-refractivity contribution in [1.82, 2.24) is 0 Å². The zero-order valence-corrected chi connectivity index (χ0v) is 20.4. The molecule has 0 aromatic carbocycles. The van der Waals surface area contributed by atoms with Crippen LogP contribution in [0.15, 0.2) is 0 Å². The van der Waals surface area contributed by atoms with Crippen LogP contribution < -0.4 is 0 Å². The lowest BCUT2D eigenvalue weighted by atomic mass is 10.4. The Balaban J connectivity index is 3.12. The summed E-state index contributed by atoms with van der Waals surface area (Å²) in [4.78, 5) is 0. The number of ether oxygens (including phenoxy) is 8. The molecule has 0 bridgehead atoms. The van der Waals surface area contributed by atoms with E-state index in [0.29, 0.717) is 79.3 Å². The van der Waals surface area contributed by atoms with Gasteiger partial charge in [-0.05, 0) is 12.8 Å². The second-order valence-corrected chi connectivity index (χ2v) is 7.18. The van der Waals surface area contributed by atoms with E-state index >= 15 is 0 Å². The molecule has 0 saturated carbocycles. The van der Waals surface area contributed by atoms with E-state index in [1.807, 2.05) is 0 Å². The van der Waals surface area contributed by atoms with Gasteiger partial charge in [-0.15, -0.1) is 0 Å². The fourth-order valence-electron chi connectivity index (χ4n) is 2.30. The minimum atomic E-state index is -0.659. The van der Waals surface area contributed by atoms with Crippen molar-refractivity contribution in [3.8, 4) is 0 Å². The highest BCUT2D eigenvalue weighted by Gasteiger charge is 2.04. The predicted molar refractivity (Wildman–Crippen MR) is 122 cm³/mol. The summed E-state index contributed by atoms with van der Waals surface area (Å²) >= 11 is 0. The molecule has 0 saturated heterocycles. The predicted octanol–water partition coefficient (Wildman–Crippen LogP) is 2.08. The molecule has 9 nitrogen and oxygen atoms in total. The lowest BCUT2D eigenvalue weighted by Crippen LogP contribution is -2.24. The van der Waals surface area contributed by atoms with Crippen LogP contribution >= 0.6 is 0 Å². The monoisotopic (exact) mass is 468 g/mol. The molecule has 0 radical (unpaired) electrons. The zero-order chi connectivity index (χ0) is 23.4. The Kier molecular flexibility index (Phi) is 28.4. The number of hydrogen-bond donors (Lipinski definition) is 1. The molecule has 0 aliphatic rings. The summed E-state index contributed by atoms with van der Waals surface area (Å²) in [6.07, 6.45) is 3.79. The molecule has 9 heteroatoms. The van der Waals surface area contributed by atoms with Crippen molar-refractivity contribution >= 4 is 0 Å². The van der Waals surface area contributed by atoms with E-state index in [9.17, 15) is 5.11 Å². The smallest absolute Gasteiger partial charge is 0.101 e. The van der Waals surface area contributed by atoms with Gasteiger partial charge >= 0.3 is 0 Å². The molecule has 0 unspecified atom stereocenters. The van der Waals surface area contributed by atoms with Gasteiger partial charge in [-0.1, -0.05) is 26.7 Å². The number of unbranched alkanes of at least 4 members (excludes halogenated alkanes) is 2. The van der Waals surface area contributed by atoms with Gasteiger partial charge in [0.05, 0.1) is 92.5 Å². The van der Waals surface area contributed by atoms with E-state index in [2.05, 4.69) is 13.8 Å². The molecule has 0 aliphatic heterocycles. The van der Waals surface area contributed by atoms with Crippen molar-refractivity contribution in [2.45, 2.75) is 45.6 Å². The summed E-state index contributed by atoms with van der Waals surface area (Å²) in [7, 11) is 0. The molecule has 1 atom stereocenters. The Bertz CT molecular complexity index is 335. The molecule has 0 aliphatic carbocycles. The molecule has 0 rings (SSSR count). The molecule has 0 fully saturated rings. The second kappa shape index (κ2) is 28.7. The van der Waals surface area contributed by atoms with Crippen LogP contribution in [0, 0.1) is 0 Å². The van der Waals surface area contributed by atoms with Gasteiger partial charge in [0, 0.05) is 13.2 Å². The maximum Gasteiger partial charge on any atom is 0.101 e. The molecule has 0 amide bonds. The van der Waals surface area contributed by atoms with E-state index < -0.39 is 6.10 Å². The van der Waals surface area contributed by atoms with Gasteiger partial charge in [-0.25, -0.2) is 0 Å². The largest absolute Gasteiger partial charge is 0.388 e. The number of aliphatic hydroxyl groups is 1. The van der Waals surface area contributed by atoms with Gasteiger partial charge in [0.15, 0.2) is 0 Å². The third kappa shape index (κ3) is 27.7. The Morgan fingerprint density at radius 1 is 0.406 bits per heavy atom. The van der Waals surface area contributed by atoms with Gasteiger partial charge in [0.2, 0.25) is 0 Å². The molecule has 1 N–H and O–H groups in total. The lowest BCUT2D eigenvalue weighted by molar-refractivity contribution is -0.0483. The van der Waals surface area contributed by atoms with Crippen molar-refractivity contribution in [3.05, 3.63) is 0 Å². The van der Waals surface area contributed by atoms with Gasteiger partial charge in [-0.2, -0.15) is 0 Å². The first-order chi connectivity index (χ1) is 15.8. The zero-order valence-electron chi connectivity index (χ0n) is 20.4. The lowest BCUT2D eigenvalue weighted by Gasteiger charge is -2.12. The van der Waals surface area contributed by atoms with E-state index in [0.717, 1.165) is 38.9 Å². The second-order valence-electron chi connectivity index (χ2n) is 7.18. The maximum absolute atomic E-state index is 9.80. The third-order valence-electron chi connectivity index (χ3n) is 4.14. The highest BCUT2D eigenvalue weighted by atomic mass is 16.6. The van der Waals surface area contributed by atoms with Crippen LogP contribution in [0.5, 0.6) is 0 Å². The highest BCUT2D eigenvalue weighted by Crippen LogP contribution is 1.91. The molecule has 32 heavy (non-hydrogen) atoms. The van der Waals surface area contributed by atoms with Crippen LogP contribution in [0.2, 0.25) is 0 Å². The fourth-order valence-corrected chi connectivity index (χ4v) is 2.30. The van der Waals surface area contributed by atoms with E-state index in [1.165, 1.54) is 0 Å². The standard InChI is InChI=1S/C23H48O9/c1-3-5-7-25-9-11-27-13-14-28-15-16-30-18-20-32-22-23(24)21-31-19-17-29-12-10-26-8-6-4-2/h23-24H,3-22H2,1-2H3/t23-/m0/s1. The first-order valence-corrected chi connectivity index (χ1v) is 12.1. The summed E-state index contributed by atoms with van der Waals surface area (Å²) in [5, 5.41) is 9.80.